The van der Waals surface area contributed by atoms with Gasteiger partial charge in [-0.2, -0.15) is 0 Å². The fraction of sp³-hybridized carbons (Fsp3) is 0.579. The Morgan fingerprint density at radius 1 is 1.32 bits per heavy atom. The van der Waals surface area contributed by atoms with Crippen molar-refractivity contribution in [2.24, 2.45) is 0 Å². The second kappa shape index (κ2) is 10.1. The molecule has 1 N–H and O–H groups in total. The number of amides is 2. The lowest BCUT2D eigenvalue weighted by Crippen LogP contribution is -2.37. The van der Waals surface area contributed by atoms with Gasteiger partial charge < -0.3 is 10.2 Å². The van der Waals surface area contributed by atoms with E-state index in [2.05, 4.69) is 5.32 Å². The van der Waals surface area contributed by atoms with E-state index in [1.165, 1.54) is 12.1 Å². The Kier molecular flexibility index (Phi) is 7.85. The van der Waals surface area contributed by atoms with Crippen LogP contribution in [0.25, 0.3) is 0 Å². The van der Waals surface area contributed by atoms with E-state index in [-0.39, 0.29) is 24.2 Å². The zero-order chi connectivity index (χ0) is 18.1. The van der Waals surface area contributed by atoms with E-state index in [1.807, 2.05) is 22.9 Å². The molecule has 2 amide bonds. The van der Waals surface area contributed by atoms with Gasteiger partial charge in [0.05, 0.1) is 6.54 Å². The minimum absolute atomic E-state index is 0.0545. The quantitative estimate of drug-likeness (QED) is 0.732. The Morgan fingerprint density at radius 3 is 2.96 bits per heavy atom. The fourth-order valence-corrected chi connectivity index (χ4v) is 3.08. The van der Waals surface area contributed by atoms with E-state index in [0.29, 0.717) is 26.1 Å². The molecule has 0 aliphatic carbocycles. The summed E-state index contributed by atoms with van der Waals surface area (Å²) in [5.74, 6) is -0.0850. The number of likely N-dealkylation sites (tertiary alicyclic amines) is 1. The molecule has 0 atom stereocenters. The minimum atomic E-state index is -0.265. The zero-order valence-corrected chi connectivity index (χ0v) is 15.0. The molecule has 0 bridgehead atoms. The SMILES string of the molecule is CN(CC(=O)NCCCN1CCCCCC1=O)Cc1cccc(F)c1. The number of nitrogens with one attached hydrogen (secondary N) is 1. The number of rotatable bonds is 8. The van der Waals surface area contributed by atoms with Crippen molar-refractivity contribution in [1.29, 1.82) is 0 Å². The number of carbonyl (C=O) groups excluding carboxylic acids is 2. The summed E-state index contributed by atoms with van der Waals surface area (Å²) in [6.45, 7) is 2.89. The molecule has 1 aliphatic heterocycles. The summed E-state index contributed by atoms with van der Waals surface area (Å²) in [7, 11) is 1.83. The Labute approximate surface area is 149 Å². The maximum Gasteiger partial charge on any atom is 0.234 e. The smallest absolute Gasteiger partial charge is 0.234 e. The highest BCUT2D eigenvalue weighted by molar-refractivity contribution is 5.78. The summed E-state index contributed by atoms with van der Waals surface area (Å²) in [6, 6.07) is 6.40. The molecule has 1 heterocycles. The first-order valence-electron chi connectivity index (χ1n) is 9.02. The largest absolute Gasteiger partial charge is 0.355 e. The van der Waals surface area contributed by atoms with E-state index < -0.39 is 0 Å². The first kappa shape index (κ1) is 19.4. The molecule has 0 saturated carbocycles. The van der Waals surface area contributed by atoms with Crippen LogP contribution in [-0.4, -0.2) is 54.8 Å². The highest BCUT2D eigenvalue weighted by atomic mass is 19.1. The lowest BCUT2D eigenvalue weighted by Gasteiger charge is -2.20. The van der Waals surface area contributed by atoms with Gasteiger partial charge >= 0.3 is 0 Å². The molecule has 1 aromatic carbocycles. The monoisotopic (exact) mass is 349 g/mol. The first-order chi connectivity index (χ1) is 12.0. The molecule has 6 heteroatoms. The maximum absolute atomic E-state index is 13.2. The average molecular weight is 349 g/mol. The minimum Gasteiger partial charge on any atom is -0.355 e. The predicted molar refractivity (Wildman–Crippen MR) is 95.4 cm³/mol. The van der Waals surface area contributed by atoms with Crippen LogP contribution in [0, 0.1) is 5.82 Å². The van der Waals surface area contributed by atoms with Crippen LogP contribution in [-0.2, 0) is 16.1 Å². The predicted octanol–water partition coefficient (Wildman–Crippen LogP) is 2.17. The summed E-state index contributed by atoms with van der Waals surface area (Å²) in [6.07, 6.45) is 4.60. The molecule has 0 aromatic heterocycles. The molecule has 25 heavy (non-hydrogen) atoms. The lowest BCUT2D eigenvalue weighted by atomic mass is 10.2. The summed E-state index contributed by atoms with van der Waals surface area (Å²) < 4.78 is 13.2. The molecule has 0 unspecified atom stereocenters. The molecule has 1 fully saturated rings. The molecule has 0 radical (unpaired) electrons. The van der Waals surface area contributed by atoms with Crippen LogP contribution < -0.4 is 5.32 Å². The topological polar surface area (TPSA) is 52.7 Å². The number of halogens is 1. The van der Waals surface area contributed by atoms with Crippen molar-refractivity contribution in [3.63, 3.8) is 0 Å². The van der Waals surface area contributed by atoms with Crippen LogP contribution in [0.1, 0.15) is 37.7 Å². The molecule has 5 nitrogen and oxygen atoms in total. The van der Waals surface area contributed by atoms with E-state index in [0.717, 1.165) is 37.8 Å². The van der Waals surface area contributed by atoms with Crippen molar-refractivity contribution in [3.8, 4) is 0 Å². The molecular formula is C19H28FN3O2. The van der Waals surface area contributed by atoms with Crippen molar-refractivity contribution in [1.82, 2.24) is 15.1 Å². The van der Waals surface area contributed by atoms with Crippen molar-refractivity contribution in [3.05, 3.63) is 35.6 Å². The van der Waals surface area contributed by atoms with Crippen LogP contribution in [0.4, 0.5) is 4.39 Å². The van der Waals surface area contributed by atoms with Crippen LogP contribution in [0.5, 0.6) is 0 Å². The second-order valence-electron chi connectivity index (χ2n) is 6.70. The van der Waals surface area contributed by atoms with Crippen molar-refractivity contribution >= 4 is 11.8 Å². The zero-order valence-electron chi connectivity index (χ0n) is 15.0. The molecule has 2 rings (SSSR count). The van der Waals surface area contributed by atoms with Crippen molar-refractivity contribution < 1.29 is 14.0 Å². The number of hydrogen-bond donors (Lipinski definition) is 1. The average Bonchev–Trinajstić information content (AvgIpc) is 2.76. The van der Waals surface area contributed by atoms with Gasteiger partial charge in [0.2, 0.25) is 11.8 Å². The molecule has 1 aliphatic rings. The van der Waals surface area contributed by atoms with Gasteiger partial charge in [-0.3, -0.25) is 14.5 Å². The molecular weight excluding hydrogens is 321 g/mol. The van der Waals surface area contributed by atoms with Gasteiger partial charge in [0.15, 0.2) is 0 Å². The van der Waals surface area contributed by atoms with Crippen LogP contribution >= 0.6 is 0 Å². The van der Waals surface area contributed by atoms with Gasteiger partial charge in [-0.15, -0.1) is 0 Å². The third kappa shape index (κ3) is 7.22. The number of benzene rings is 1. The summed E-state index contributed by atoms with van der Waals surface area (Å²) in [4.78, 5) is 27.6. The highest BCUT2D eigenvalue weighted by Gasteiger charge is 2.15. The Hall–Kier alpha value is -1.95. The molecule has 138 valence electrons. The standard InChI is InChI=1S/C19H28FN3O2/c1-22(14-16-7-5-8-17(20)13-16)15-18(24)21-10-6-12-23-11-4-2-3-9-19(23)25/h5,7-8,13H,2-4,6,9-12,14-15H2,1H3,(H,21,24). The fourth-order valence-electron chi connectivity index (χ4n) is 3.08. The normalized spacial score (nSPS) is 15.3. The van der Waals surface area contributed by atoms with Gasteiger partial charge in [0.25, 0.3) is 0 Å². The molecule has 1 saturated heterocycles. The van der Waals surface area contributed by atoms with Gasteiger partial charge in [-0.25, -0.2) is 4.39 Å². The maximum atomic E-state index is 13.2. The summed E-state index contributed by atoms with van der Waals surface area (Å²) in [5, 5.41) is 2.89. The third-order valence-electron chi connectivity index (χ3n) is 4.35. The Balaban J connectivity index is 1.62. The van der Waals surface area contributed by atoms with Crippen LogP contribution in [0.2, 0.25) is 0 Å². The summed E-state index contributed by atoms with van der Waals surface area (Å²) >= 11 is 0. The number of carbonyl (C=O) groups is 2. The summed E-state index contributed by atoms with van der Waals surface area (Å²) in [5.41, 5.74) is 0.843. The second-order valence-corrected chi connectivity index (χ2v) is 6.70. The van der Waals surface area contributed by atoms with Gasteiger partial charge in [-0.1, -0.05) is 18.6 Å². The lowest BCUT2D eigenvalue weighted by molar-refractivity contribution is -0.130. The van der Waals surface area contributed by atoms with Gasteiger partial charge in [0, 0.05) is 32.6 Å². The van der Waals surface area contributed by atoms with Gasteiger partial charge in [0.1, 0.15) is 5.82 Å². The van der Waals surface area contributed by atoms with E-state index in [4.69, 9.17) is 0 Å². The van der Waals surface area contributed by atoms with Crippen molar-refractivity contribution in [2.75, 3.05) is 33.2 Å². The van der Waals surface area contributed by atoms with E-state index in [9.17, 15) is 14.0 Å². The molecule has 1 aromatic rings. The highest BCUT2D eigenvalue weighted by Crippen LogP contribution is 2.11. The Bertz CT molecular complexity index is 580. The third-order valence-corrected chi connectivity index (χ3v) is 4.35. The van der Waals surface area contributed by atoms with Crippen LogP contribution in [0.15, 0.2) is 24.3 Å². The molecule has 0 spiro atoms. The van der Waals surface area contributed by atoms with Gasteiger partial charge in [-0.05, 0) is 44.0 Å². The Morgan fingerprint density at radius 2 is 2.16 bits per heavy atom. The first-order valence-corrected chi connectivity index (χ1v) is 9.02. The van der Waals surface area contributed by atoms with Crippen molar-refractivity contribution in [2.45, 2.75) is 38.6 Å². The van der Waals surface area contributed by atoms with E-state index in [1.54, 1.807) is 6.07 Å². The number of hydrogen-bond acceptors (Lipinski definition) is 3. The van der Waals surface area contributed by atoms with Crippen LogP contribution in [0.3, 0.4) is 0 Å². The van der Waals surface area contributed by atoms with E-state index >= 15 is 0 Å². The number of likely N-dealkylation sites (N-methyl/N-ethyl adjacent to an activating group) is 1. The number of nitrogens with zero attached hydrogens (tertiary/aromatic N) is 2.